The van der Waals surface area contributed by atoms with E-state index < -0.39 is 18.1 Å². The summed E-state index contributed by atoms with van der Waals surface area (Å²) in [5.41, 5.74) is 0. The first-order valence-corrected chi connectivity index (χ1v) is 5.10. The predicted molar refractivity (Wildman–Crippen MR) is 48.9 cm³/mol. The van der Waals surface area contributed by atoms with Gasteiger partial charge in [-0.05, 0) is 6.42 Å². The molecule has 0 saturated carbocycles. The molecule has 0 bridgehead atoms. The average Bonchev–Trinajstić information content (AvgIpc) is 2.17. The third kappa shape index (κ3) is 2.37. The van der Waals surface area contributed by atoms with Crippen LogP contribution in [0.2, 0.25) is 0 Å². The van der Waals surface area contributed by atoms with Gasteiger partial charge in [0.05, 0.1) is 19.2 Å². The minimum atomic E-state index is -2.72. The van der Waals surface area contributed by atoms with Crippen LogP contribution in [0.3, 0.4) is 0 Å². The average molecular weight is 220 g/mol. The highest BCUT2D eigenvalue weighted by Gasteiger charge is 2.40. The molecule has 6 heteroatoms. The van der Waals surface area contributed by atoms with Crippen molar-refractivity contribution < 1.29 is 18.3 Å². The lowest BCUT2D eigenvalue weighted by Gasteiger charge is -2.38. The molecule has 0 aromatic heterocycles. The van der Waals surface area contributed by atoms with Crippen molar-refractivity contribution in [3.63, 3.8) is 0 Å². The maximum absolute atomic E-state index is 13.1. The Morgan fingerprint density at radius 2 is 2.33 bits per heavy atom. The van der Waals surface area contributed by atoms with Crippen LogP contribution in [0.15, 0.2) is 0 Å². The Bertz CT molecular complexity index is 260. The Balaban J connectivity index is 2.00. The van der Waals surface area contributed by atoms with Crippen LogP contribution >= 0.6 is 0 Å². The standard InChI is InChI=1S/C9H14F2N2O2/c10-9(11)4-7(5-12-6-9)13-2-1-3-15-8(13)14/h7,12H,1-6H2/t7-/m1/s1. The normalized spacial score (nSPS) is 31.2. The predicted octanol–water partition coefficient (Wildman–Crippen LogP) is 0.826. The van der Waals surface area contributed by atoms with E-state index in [9.17, 15) is 13.6 Å². The summed E-state index contributed by atoms with van der Waals surface area (Å²) in [4.78, 5) is 12.7. The van der Waals surface area contributed by atoms with E-state index in [1.165, 1.54) is 4.90 Å². The van der Waals surface area contributed by atoms with Crippen LogP contribution in [-0.2, 0) is 4.74 Å². The number of hydrogen-bond donors (Lipinski definition) is 1. The number of nitrogens with one attached hydrogen (secondary N) is 1. The highest BCUT2D eigenvalue weighted by molar-refractivity contribution is 5.68. The largest absolute Gasteiger partial charge is 0.449 e. The quantitative estimate of drug-likeness (QED) is 0.711. The van der Waals surface area contributed by atoms with E-state index >= 15 is 0 Å². The molecular weight excluding hydrogens is 206 g/mol. The summed E-state index contributed by atoms with van der Waals surface area (Å²) in [6.07, 6.45) is -0.0196. The molecule has 1 atom stereocenters. The van der Waals surface area contributed by atoms with E-state index in [1.54, 1.807) is 0 Å². The van der Waals surface area contributed by atoms with E-state index in [0.29, 0.717) is 26.1 Å². The lowest BCUT2D eigenvalue weighted by atomic mass is 10.0. The molecule has 0 aromatic rings. The van der Waals surface area contributed by atoms with E-state index in [-0.39, 0.29) is 13.0 Å². The lowest BCUT2D eigenvalue weighted by Crippen LogP contribution is -2.56. The van der Waals surface area contributed by atoms with Gasteiger partial charge in [0.15, 0.2) is 0 Å². The number of hydrogen-bond acceptors (Lipinski definition) is 3. The molecule has 1 N–H and O–H groups in total. The van der Waals surface area contributed by atoms with Crippen LogP contribution in [0.25, 0.3) is 0 Å². The van der Waals surface area contributed by atoms with Crippen LogP contribution in [0.1, 0.15) is 12.8 Å². The second-order valence-corrected chi connectivity index (χ2v) is 4.01. The molecule has 0 aromatic carbocycles. The first kappa shape index (κ1) is 10.6. The van der Waals surface area contributed by atoms with Crippen LogP contribution < -0.4 is 5.32 Å². The maximum atomic E-state index is 13.1. The van der Waals surface area contributed by atoms with Gasteiger partial charge in [-0.3, -0.25) is 0 Å². The minimum Gasteiger partial charge on any atom is -0.449 e. The number of alkyl halides is 2. The van der Waals surface area contributed by atoms with Gasteiger partial charge in [-0.2, -0.15) is 0 Å². The summed E-state index contributed by atoms with van der Waals surface area (Å²) in [6.45, 7) is 1.03. The number of carbonyl (C=O) groups excluding carboxylic acids is 1. The molecule has 2 rings (SSSR count). The summed E-state index contributed by atoms with van der Waals surface area (Å²) in [6, 6.07) is -0.443. The molecule has 2 fully saturated rings. The number of halogens is 2. The van der Waals surface area contributed by atoms with Gasteiger partial charge < -0.3 is 15.0 Å². The molecule has 0 unspecified atom stereocenters. The molecule has 2 saturated heterocycles. The number of amides is 1. The topological polar surface area (TPSA) is 41.6 Å². The highest BCUT2D eigenvalue weighted by Crippen LogP contribution is 2.26. The van der Waals surface area contributed by atoms with Crippen molar-refractivity contribution in [3.05, 3.63) is 0 Å². The van der Waals surface area contributed by atoms with Gasteiger partial charge in [0.25, 0.3) is 5.92 Å². The van der Waals surface area contributed by atoms with Gasteiger partial charge in [0, 0.05) is 19.5 Å². The zero-order chi connectivity index (χ0) is 10.9. The van der Waals surface area contributed by atoms with Crippen LogP contribution in [-0.4, -0.2) is 49.2 Å². The van der Waals surface area contributed by atoms with E-state index in [4.69, 9.17) is 4.74 Å². The number of rotatable bonds is 1. The third-order valence-electron chi connectivity index (χ3n) is 2.74. The fourth-order valence-corrected chi connectivity index (χ4v) is 2.03. The van der Waals surface area contributed by atoms with Gasteiger partial charge in [-0.1, -0.05) is 0 Å². The van der Waals surface area contributed by atoms with Gasteiger partial charge in [0.1, 0.15) is 0 Å². The second kappa shape index (κ2) is 3.92. The number of piperidine rings is 1. The molecule has 4 nitrogen and oxygen atoms in total. The van der Waals surface area contributed by atoms with Crippen LogP contribution in [0.5, 0.6) is 0 Å². The minimum absolute atomic E-state index is 0.269. The molecule has 0 spiro atoms. The summed E-state index contributed by atoms with van der Waals surface area (Å²) < 4.78 is 31.0. The maximum Gasteiger partial charge on any atom is 0.410 e. The zero-order valence-corrected chi connectivity index (χ0v) is 8.34. The molecule has 1 amide bonds. The number of cyclic esters (lactones) is 1. The van der Waals surface area contributed by atoms with Crippen molar-refractivity contribution in [2.75, 3.05) is 26.2 Å². The number of ether oxygens (including phenoxy) is 1. The summed E-state index contributed by atoms with van der Waals surface area (Å²) >= 11 is 0. The Kier molecular flexibility index (Phi) is 2.77. The summed E-state index contributed by atoms with van der Waals surface area (Å²) in [7, 11) is 0. The highest BCUT2D eigenvalue weighted by atomic mass is 19.3. The Hall–Kier alpha value is -0.910. The first-order chi connectivity index (χ1) is 7.08. The summed E-state index contributed by atoms with van der Waals surface area (Å²) in [5, 5.41) is 2.64. The van der Waals surface area contributed by atoms with Gasteiger partial charge in [-0.25, -0.2) is 13.6 Å². The molecule has 2 aliphatic rings. The van der Waals surface area contributed by atoms with Crippen molar-refractivity contribution in [3.8, 4) is 0 Å². The van der Waals surface area contributed by atoms with Gasteiger partial charge in [0.2, 0.25) is 0 Å². The monoisotopic (exact) mass is 220 g/mol. The van der Waals surface area contributed by atoms with Crippen LogP contribution in [0, 0.1) is 0 Å². The van der Waals surface area contributed by atoms with Gasteiger partial charge in [-0.15, -0.1) is 0 Å². The molecule has 2 aliphatic heterocycles. The van der Waals surface area contributed by atoms with Crippen molar-refractivity contribution >= 4 is 6.09 Å². The van der Waals surface area contributed by atoms with Gasteiger partial charge >= 0.3 is 6.09 Å². The van der Waals surface area contributed by atoms with Crippen molar-refractivity contribution in [1.29, 1.82) is 0 Å². The van der Waals surface area contributed by atoms with E-state index in [0.717, 1.165) is 0 Å². The Labute approximate surface area is 86.6 Å². The molecule has 86 valence electrons. The van der Waals surface area contributed by atoms with E-state index in [2.05, 4.69) is 5.32 Å². The first-order valence-electron chi connectivity index (χ1n) is 5.10. The molecular formula is C9H14F2N2O2. The lowest BCUT2D eigenvalue weighted by molar-refractivity contribution is -0.0537. The molecule has 0 radical (unpaired) electrons. The molecule has 0 aliphatic carbocycles. The fraction of sp³-hybridized carbons (Fsp3) is 0.889. The Morgan fingerprint density at radius 1 is 1.53 bits per heavy atom. The Morgan fingerprint density at radius 3 is 3.00 bits per heavy atom. The molecule has 15 heavy (non-hydrogen) atoms. The molecule has 2 heterocycles. The van der Waals surface area contributed by atoms with Crippen LogP contribution in [0.4, 0.5) is 13.6 Å². The summed E-state index contributed by atoms with van der Waals surface area (Å²) in [5.74, 6) is -2.72. The van der Waals surface area contributed by atoms with E-state index in [1.807, 2.05) is 0 Å². The fourth-order valence-electron chi connectivity index (χ4n) is 2.03. The third-order valence-corrected chi connectivity index (χ3v) is 2.74. The number of nitrogens with zero attached hydrogens (tertiary/aromatic N) is 1. The second-order valence-electron chi connectivity index (χ2n) is 4.01. The van der Waals surface area contributed by atoms with Crippen molar-refractivity contribution in [2.24, 2.45) is 0 Å². The SMILES string of the molecule is O=C1OCCCN1[C@H]1CNCC(F)(F)C1. The smallest absolute Gasteiger partial charge is 0.410 e. The van der Waals surface area contributed by atoms with Crippen molar-refractivity contribution in [1.82, 2.24) is 10.2 Å². The zero-order valence-electron chi connectivity index (χ0n) is 8.34. The van der Waals surface area contributed by atoms with Crippen molar-refractivity contribution in [2.45, 2.75) is 24.8 Å². The number of carbonyl (C=O) groups is 1.